The summed E-state index contributed by atoms with van der Waals surface area (Å²) in [4.78, 5) is 5.18. The van der Waals surface area contributed by atoms with Crippen LogP contribution in [0.1, 0.15) is 25.3 Å². The Hall–Kier alpha value is -6.39. The van der Waals surface area contributed by atoms with E-state index in [1.807, 2.05) is 0 Å². The van der Waals surface area contributed by atoms with Gasteiger partial charge in [-0.3, -0.25) is 0 Å². The first kappa shape index (κ1) is 28.2. The van der Waals surface area contributed by atoms with Crippen LogP contribution in [-0.4, -0.2) is 22.7 Å². The minimum Gasteiger partial charge on any atom is -0.382 e. The van der Waals surface area contributed by atoms with Crippen LogP contribution in [0.5, 0.6) is 0 Å². The number of benzene rings is 7. The number of para-hydroxylation sites is 3. The summed E-state index contributed by atoms with van der Waals surface area (Å²) in [5.74, 6) is 0. The molecule has 0 saturated carbocycles. The highest BCUT2D eigenvalue weighted by Gasteiger charge is 2.52. The van der Waals surface area contributed by atoms with Gasteiger partial charge in [0.25, 0.3) is 0 Å². The van der Waals surface area contributed by atoms with Crippen LogP contribution in [0.2, 0.25) is 0 Å². The maximum Gasteiger partial charge on any atom is 0.333 e. The second-order valence-electron chi connectivity index (χ2n) is 15.9. The summed E-state index contributed by atoms with van der Waals surface area (Å²) in [5, 5.41) is 4.05. The van der Waals surface area contributed by atoms with Crippen LogP contribution in [0.25, 0.3) is 55.0 Å². The quantitative estimate of drug-likeness (QED) is 0.168. The maximum atomic E-state index is 2.75. The molecule has 9 aromatic rings. The van der Waals surface area contributed by atoms with Gasteiger partial charge < -0.3 is 18.8 Å². The van der Waals surface area contributed by atoms with Gasteiger partial charge in [0.05, 0.1) is 0 Å². The van der Waals surface area contributed by atoms with Crippen molar-refractivity contribution in [2.75, 3.05) is 9.80 Å². The van der Waals surface area contributed by atoms with E-state index in [0.717, 1.165) is 6.42 Å². The Morgan fingerprint density at radius 1 is 0.519 bits per heavy atom. The molecule has 0 amide bonds. The summed E-state index contributed by atoms with van der Waals surface area (Å²) in [6.45, 7) is 2.44. The van der Waals surface area contributed by atoms with E-state index in [9.17, 15) is 0 Å². The van der Waals surface area contributed by atoms with Crippen molar-refractivity contribution in [1.29, 1.82) is 0 Å². The van der Waals surface area contributed by atoms with E-state index >= 15 is 0 Å². The molecule has 0 bridgehead atoms. The Morgan fingerprint density at radius 3 is 2.06 bits per heavy atom. The summed E-state index contributed by atoms with van der Waals surface area (Å²) in [7, 11) is 0. The first-order valence-electron chi connectivity index (χ1n) is 19.6. The first-order valence-corrected chi connectivity index (χ1v) is 19.6. The van der Waals surface area contributed by atoms with E-state index < -0.39 is 0 Å². The van der Waals surface area contributed by atoms with Crippen molar-refractivity contribution in [2.45, 2.75) is 26.2 Å². The molecule has 14 rings (SSSR count). The summed E-state index contributed by atoms with van der Waals surface area (Å²) < 4.78 is 5.38. The predicted octanol–water partition coefficient (Wildman–Crippen LogP) is 9.24. The van der Waals surface area contributed by atoms with Crippen LogP contribution in [0.4, 0.5) is 34.1 Å². The zero-order chi connectivity index (χ0) is 35.0. The van der Waals surface area contributed by atoms with E-state index in [4.69, 9.17) is 0 Å². The van der Waals surface area contributed by atoms with Gasteiger partial charge in [-0.15, -0.1) is 0 Å². The van der Waals surface area contributed by atoms with Gasteiger partial charge in [-0.05, 0) is 118 Å². The molecule has 54 heavy (non-hydrogen) atoms. The second kappa shape index (κ2) is 9.58. The van der Waals surface area contributed by atoms with Crippen molar-refractivity contribution >= 4 is 102 Å². The number of aryl methyl sites for hydroxylation is 1. The van der Waals surface area contributed by atoms with Gasteiger partial charge >= 0.3 is 13.7 Å². The van der Waals surface area contributed by atoms with Crippen molar-refractivity contribution in [3.8, 4) is 22.3 Å². The molecule has 6 heteroatoms. The molecule has 0 saturated heterocycles. The third-order valence-electron chi connectivity index (χ3n) is 13.3. The molecule has 0 radical (unpaired) electrons. The molecule has 0 atom stereocenters. The van der Waals surface area contributed by atoms with Crippen LogP contribution in [0.15, 0.2) is 140 Å². The second-order valence-corrected chi connectivity index (χ2v) is 15.9. The zero-order valence-corrected chi connectivity index (χ0v) is 29.8. The van der Waals surface area contributed by atoms with E-state index in [1.54, 1.807) is 0 Å². The third-order valence-corrected chi connectivity index (χ3v) is 13.3. The Bertz CT molecular complexity index is 3180. The average molecular weight is 686 g/mol. The Labute approximate surface area is 313 Å². The molecule has 0 unspecified atom stereocenters. The molecule has 0 N–H and O–H groups in total. The maximum absolute atomic E-state index is 2.75. The number of hydrogen-bond acceptors (Lipinski definition) is 2. The Morgan fingerprint density at radius 2 is 1.26 bits per heavy atom. The lowest BCUT2D eigenvalue weighted by Crippen LogP contribution is -2.64. The Kier molecular flexibility index (Phi) is 4.99. The number of aromatic nitrogens is 2. The molecule has 250 valence electrons. The standard InChI is InChI=1S/C48H32B2N4/c1-2-3-12-28-21-22-36-38(25-28)53(31-15-8-5-9-16-31)39-27-40-45-41-42-46-29(23-24-51(46)49(36)44(39)41)26-35-34-19-10-18-33-32-17-11-20-37(52(40)30-13-6-4-7-14-30)43(32)50(45)54(47(33)34)48(35)42/h4-11,13-27H,2-3,12H2,1H3. The van der Waals surface area contributed by atoms with Crippen molar-refractivity contribution in [2.24, 2.45) is 0 Å². The lowest BCUT2D eigenvalue weighted by atomic mass is 9.38. The number of nitrogens with zero attached hydrogens (tertiary/aromatic N) is 4. The largest absolute Gasteiger partial charge is 0.382 e. The average Bonchev–Trinajstić information content (AvgIpc) is 3.81. The summed E-state index contributed by atoms with van der Waals surface area (Å²) in [6.07, 6.45) is 5.84. The van der Waals surface area contributed by atoms with E-state index in [1.165, 1.54) is 129 Å². The molecule has 5 aliphatic rings. The SMILES string of the molecule is CCCCc1ccc2c(c1)N(c1ccccc1)c1cc3c4c5c1B2n1ccc2cc6c7cccc8c7n(c6c-5c21)B4c1c-8cccc1N3c1ccccc1. The van der Waals surface area contributed by atoms with Crippen molar-refractivity contribution < 1.29 is 0 Å². The monoisotopic (exact) mass is 686 g/mol. The number of anilines is 6. The van der Waals surface area contributed by atoms with Gasteiger partial charge in [0.2, 0.25) is 0 Å². The van der Waals surface area contributed by atoms with E-state index in [-0.39, 0.29) is 13.7 Å². The molecule has 0 spiro atoms. The fourth-order valence-corrected chi connectivity index (χ4v) is 11.4. The number of fused-ring (bicyclic) bond motifs is 5. The lowest BCUT2D eigenvalue weighted by Gasteiger charge is -2.48. The first-order chi connectivity index (χ1) is 26.8. The van der Waals surface area contributed by atoms with Gasteiger partial charge in [0.15, 0.2) is 0 Å². The summed E-state index contributed by atoms with van der Waals surface area (Å²) in [5.41, 5.74) is 24.3. The number of rotatable bonds is 5. The van der Waals surface area contributed by atoms with Crippen molar-refractivity contribution in [3.63, 3.8) is 0 Å². The van der Waals surface area contributed by atoms with Gasteiger partial charge in [-0.25, -0.2) is 0 Å². The van der Waals surface area contributed by atoms with Crippen LogP contribution in [0.3, 0.4) is 0 Å². The number of unbranched alkanes of at least 4 members (excludes halogenated alkanes) is 1. The summed E-state index contributed by atoms with van der Waals surface area (Å²) >= 11 is 0. The van der Waals surface area contributed by atoms with Crippen LogP contribution in [-0.2, 0) is 6.42 Å². The van der Waals surface area contributed by atoms with Gasteiger partial charge in [-0.1, -0.05) is 92.2 Å². The summed E-state index contributed by atoms with van der Waals surface area (Å²) in [6, 6.07) is 51.0. The molecule has 2 aromatic heterocycles. The molecule has 0 aliphatic carbocycles. The zero-order valence-electron chi connectivity index (χ0n) is 29.8. The predicted molar refractivity (Wildman–Crippen MR) is 228 cm³/mol. The van der Waals surface area contributed by atoms with E-state index in [2.05, 4.69) is 165 Å². The van der Waals surface area contributed by atoms with Crippen molar-refractivity contribution in [3.05, 3.63) is 145 Å². The fraction of sp³-hybridized carbons (Fsp3) is 0.0833. The van der Waals surface area contributed by atoms with E-state index in [0.29, 0.717) is 0 Å². The molecule has 7 aromatic carbocycles. The Balaban J connectivity index is 1.23. The lowest BCUT2D eigenvalue weighted by molar-refractivity contribution is 0.795. The molecule has 4 nitrogen and oxygen atoms in total. The van der Waals surface area contributed by atoms with Crippen molar-refractivity contribution in [1.82, 2.24) is 8.96 Å². The topological polar surface area (TPSA) is 16.3 Å². The van der Waals surface area contributed by atoms with Gasteiger partial charge in [0.1, 0.15) is 0 Å². The van der Waals surface area contributed by atoms with Crippen LogP contribution < -0.4 is 31.7 Å². The third kappa shape index (κ3) is 3.08. The normalized spacial score (nSPS) is 14.5. The minimum absolute atomic E-state index is 0.0647. The van der Waals surface area contributed by atoms with Crippen LogP contribution >= 0.6 is 0 Å². The molecule has 5 aliphatic heterocycles. The highest BCUT2D eigenvalue weighted by molar-refractivity contribution is 6.95. The van der Waals surface area contributed by atoms with Crippen LogP contribution in [0, 0.1) is 0 Å². The fourth-order valence-electron chi connectivity index (χ4n) is 11.4. The highest BCUT2D eigenvalue weighted by Crippen LogP contribution is 2.54. The molecular weight excluding hydrogens is 654 g/mol. The molecular formula is C48H32B2N4. The molecule has 0 fully saturated rings. The minimum atomic E-state index is 0.0647. The van der Waals surface area contributed by atoms with Gasteiger partial charge in [0, 0.05) is 72.6 Å². The smallest absolute Gasteiger partial charge is 0.333 e. The van der Waals surface area contributed by atoms with Gasteiger partial charge in [-0.2, -0.15) is 0 Å². The highest BCUT2D eigenvalue weighted by atomic mass is 15.2. The number of hydrogen-bond donors (Lipinski definition) is 0. The molecule has 7 heterocycles.